The monoisotopic (exact) mass is 588 g/mol. The molecule has 6 aliphatic rings. The molecule has 4 atom stereocenters. The Morgan fingerprint density at radius 1 is 0.714 bits per heavy atom. The summed E-state index contributed by atoms with van der Waals surface area (Å²) in [5.41, 5.74) is -0.172. The lowest BCUT2D eigenvalue weighted by Gasteiger charge is -2.64. The van der Waals surface area contributed by atoms with Crippen molar-refractivity contribution in [2.45, 2.75) is 177 Å². The minimum absolute atomic E-state index is 0.167. The summed E-state index contributed by atoms with van der Waals surface area (Å²) < 4.78 is 31.9. The molecule has 0 N–H and O–H groups in total. The highest BCUT2D eigenvalue weighted by molar-refractivity contribution is 5.87. The van der Waals surface area contributed by atoms with Gasteiger partial charge in [-0.15, -0.1) is 0 Å². The summed E-state index contributed by atoms with van der Waals surface area (Å²) in [7, 11) is 0. The van der Waals surface area contributed by atoms with Crippen LogP contribution < -0.4 is 0 Å². The molecule has 4 saturated carbocycles. The maximum Gasteiger partial charge on any atom is 0.333 e. The molecule has 0 amide bonds. The van der Waals surface area contributed by atoms with Gasteiger partial charge in [0.05, 0.1) is 35.6 Å². The third-order valence-corrected chi connectivity index (χ3v) is 11.3. The van der Waals surface area contributed by atoms with Crippen LogP contribution in [0.1, 0.15) is 149 Å². The molecule has 0 radical (unpaired) electrons. The maximum atomic E-state index is 12.8. The fraction of sp³-hybridized carbons (Fsp3) is 0.917. The number of hydrogen-bond donors (Lipinski definition) is 0. The predicted octanol–water partition coefficient (Wildman–Crippen LogP) is 8.39. The van der Waals surface area contributed by atoms with Crippen molar-refractivity contribution in [1.29, 1.82) is 0 Å². The van der Waals surface area contributed by atoms with Crippen LogP contribution in [0.5, 0.6) is 0 Å². The molecule has 0 spiro atoms. The van der Waals surface area contributed by atoms with Gasteiger partial charge in [-0.3, -0.25) is 0 Å². The summed E-state index contributed by atoms with van der Waals surface area (Å²) in [6.45, 7) is 13.5. The van der Waals surface area contributed by atoms with Crippen molar-refractivity contribution in [3.63, 3.8) is 0 Å². The van der Waals surface area contributed by atoms with Crippen LogP contribution >= 0.6 is 0 Å². The molecule has 6 nitrogen and oxygen atoms in total. The Labute approximate surface area is 256 Å². The van der Waals surface area contributed by atoms with Crippen LogP contribution in [0.2, 0.25) is 0 Å². The second-order valence-electron chi connectivity index (χ2n) is 15.1. The largest absolute Gasteiger partial charge is 0.455 e. The summed E-state index contributed by atoms with van der Waals surface area (Å²) in [6, 6.07) is 0. The van der Waals surface area contributed by atoms with Crippen molar-refractivity contribution in [1.82, 2.24) is 0 Å². The number of esters is 1. The fourth-order valence-corrected chi connectivity index (χ4v) is 9.66. The highest BCUT2D eigenvalue weighted by Crippen LogP contribution is 2.63. The average Bonchev–Trinajstić information content (AvgIpc) is 2.88. The molecular weight excluding hydrogens is 528 g/mol. The molecule has 4 bridgehead atoms. The number of unbranched alkanes of at least 4 members (excludes halogenated alkanes) is 4. The highest BCUT2D eigenvalue weighted by atomic mass is 16.6. The standard InChI is InChI=1S/C36H60O6/c1-5-13-32(17-21-40-32)15-9-7-11-19-38-34-23-30-24-35(26-34,28-36(25-30,27-34)42-31(37)29(3)4)39-20-12-8-10-16-33(14-6-2)18-22-41-33/h30H,3,5-28H2,1-2,4H3. The average molecular weight is 589 g/mol. The van der Waals surface area contributed by atoms with Crippen LogP contribution in [0.15, 0.2) is 12.2 Å². The summed E-state index contributed by atoms with van der Waals surface area (Å²) in [6.07, 6.45) is 22.1. The molecule has 2 aliphatic heterocycles. The van der Waals surface area contributed by atoms with Crippen molar-refractivity contribution >= 4 is 5.97 Å². The molecule has 6 fully saturated rings. The first kappa shape index (κ1) is 32.4. The van der Waals surface area contributed by atoms with Crippen LogP contribution in [-0.2, 0) is 28.5 Å². The SMILES string of the molecule is C=C(C)C(=O)OC12CC3CC(OCCCCCC4(CCC)CCO4)(CC(OCCCCCC4(CCC)CCO4)(C3)C1)C2. The van der Waals surface area contributed by atoms with Gasteiger partial charge >= 0.3 is 5.97 Å². The van der Waals surface area contributed by atoms with E-state index in [9.17, 15) is 4.79 Å². The van der Waals surface area contributed by atoms with E-state index in [2.05, 4.69) is 20.4 Å². The van der Waals surface area contributed by atoms with Crippen LogP contribution in [-0.4, -0.2) is 60.4 Å². The fourth-order valence-electron chi connectivity index (χ4n) is 9.66. The molecule has 6 rings (SSSR count). The van der Waals surface area contributed by atoms with E-state index in [-0.39, 0.29) is 28.4 Å². The van der Waals surface area contributed by atoms with Crippen molar-refractivity contribution in [2.24, 2.45) is 5.92 Å². The molecule has 0 aromatic heterocycles. The zero-order valence-electron chi connectivity index (χ0n) is 27.2. The van der Waals surface area contributed by atoms with Gasteiger partial charge in [-0.1, -0.05) is 59.0 Å². The maximum absolute atomic E-state index is 12.8. The van der Waals surface area contributed by atoms with Gasteiger partial charge < -0.3 is 23.7 Å². The molecule has 240 valence electrons. The van der Waals surface area contributed by atoms with Crippen molar-refractivity contribution in [3.8, 4) is 0 Å². The van der Waals surface area contributed by atoms with E-state index in [1.807, 2.05) is 0 Å². The van der Waals surface area contributed by atoms with Gasteiger partial charge in [0.2, 0.25) is 0 Å². The smallest absolute Gasteiger partial charge is 0.333 e. The minimum Gasteiger partial charge on any atom is -0.455 e. The second kappa shape index (κ2) is 13.6. The van der Waals surface area contributed by atoms with E-state index in [1.54, 1.807) is 6.92 Å². The first-order valence-electron chi connectivity index (χ1n) is 17.6. The summed E-state index contributed by atoms with van der Waals surface area (Å²) in [4.78, 5) is 12.8. The lowest BCUT2D eigenvalue weighted by molar-refractivity contribution is -0.283. The zero-order valence-corrected chi connectivity index (χ0v) is 27.2. The summed E-state index contributed by atoms with van der Waals surface area (Å²) in [5, 5.41) is 0. The zero-order chi connectivity index (χ0) is 29.7. The van der Waals surface area contributed by atoms with Gasteiger partial charge in [0.15, 0.2) is 0 Å². The quantitative estimate of drug-likeness (QED) is 0.0808. The van der Waals surface area contributed by atoms with Crippen molar-refractivity contribution in [2.75, 3.05) is 26.4 Å². The number of ether oxygens (including phenoxy) is 5. The van der Waals surface area contributed by atoms with Crippen molar-refractivity contribution in [3.05, 3.63) is 12.2 Å². The van der Waals surface area contributed by atoms with Crippen LogP contribution in [0, 0.1) is 5.92 Å². The summed E-state index contributed by atoms with van der Waals surface area (Å²) in [5.74, 6) is 0.217. The van der Waals surface area contributed by atoms with Gasteiger partial charge in [0.1, 0.15) is 5.60 Å². The van der Waals surface area contributed by atoms with Crippen LogP contribution in [0.3, 0.4) is 0 Å². The molecule has 0 aromatic carbocycles. The van der Waals surface area contributed by atoms with Crippen LogP contribution in [0.25, 0.3) is 0 Å². The molecule has 2 heterocycles. The molecule has 4 unspecified atom stereocenters. The first-order valence-corrected chi connectivity index (χ1v) is 17.6. The molecule has 2 saturated heterocycles. The van der Waals surface area contributed by atoms with E-state index in [4.69, 9.17) is 23.7 Å². The van der Waals surface area contributed by atoms with Gasteiger partial charge in [-0.2, -0.15) is 0 Å². The first-order chi connectivity index (χ1) is 20.2. The molecule has 42 heavy (non-hydrogen) atoms. The molecule has 0 aromatic rings. The van der Waals surface area contributed by atoms with E-state index in [0.29, 0.717) is 11.5 Å². The highest BCUT2D eigenvalue weighted by Gasteiger charge is 2.66. The van der Waals surface area contributed by atoms with Gasteiger partial charge in [-0.25, -0.2) is 4.79 Å². The van der Waals surface area contributed by atoms with Gasteiger partial charge in [0.25, 0.3) is 0 Å². The third kappa shape index (κ3) is 7.46. The van der Waals surface area contributed by atoms with E-state index in [1.165, 1.54) is 77.0 Å². The normalized spacial score (nSPS) is 38.2. The molecule has 4 aliphatic carbocycles. The Morgan fingerprint density at radius 2 is 1.17 bits per heavy atom. The third-order valence-electron chi connectivity index (χ3n) is 11.3. The number of carbonyl (C=O) groups excluding carboxylic acids is 1. The Balaban J connectivity index is 1.13. The van der Waals surface area contributed by atoms with E-state index in [0.717, 1.165) is 77.8 Å². The Hall–Kier alpha value is -0.950. The van der Waals surface area contributed by atoms with Gasteiger partial charge in [-0.05, 0) is 83.5 Å². The molecule has 6 heteroatoms. The Morgan fingerprint density at radius 3 is 1.57 bits per heavy atom. The lowest BCUT2D eigenvalue weighted by Crippen LogP contribution is -2.68. The minimum atomic E-state index is -0.488. The molecular formula is C36H60O6. The lowest BCUT2D eigenvalue weighted by atomic mass is 9.50. The Bertz CT molecular complexity index is 868. The topological polar surface area (TPSA) is 63.2 Å². The van der Waals surface area contributed by atoms with E-state index < -0.39 is 5.60 Å². The number of carbonyl (C=O) groups is 1. The van der Waals surface area contributed by atoms with Crippen LogP contribution in [0.4, 0.5) is 0 Å². The number of hydrogen-bond acceptors (Lipinski definition) is 6. The van der Waals surface area contributed by atoms with Gasteiger partial charge in [0, 0.05) is 38.0 Å². The predicted molar refractivity (Wildman–Crippen MR) is 166 cm³/mol. The Kier molecular flexibility index (Phi) is 10.5. The van der Waals surface area contributed by atoms with Crippen molar-refractivity contribution < 1.29 is 28.5 Å². The van der Waals surface area contributed by atoms with E-state index >= 15 is 0 Å². The second-order valence-corrected chi connectivity index (χ2v) is 15.1. The number of rotatable bonds is 20. The summed E-state index contributed by atoms with van der Waals surface area (Å²) >= 11 is 0.